The molecule has 1 aromatic carbocycles. The van der Waals surface area contributed by atoms with Crippen LogP contribution in [-0.2, 0) is 9.63 Å². The number of hydrogen-bond acceptors (Lipinski definition) is 3. The Morgan fingerprint density at radius 3 is 2.80 bits per heavy atom. The number of carbonyl (C=O) groups excluding carboxylic acids is 1. The van der Waals surface area contributed by atoms with Crippen LogP contribution in [0, 0.1) is 0 Å². The first-order valence-electron chi connectivity index (χ1n) is 4.50. The molecule has 5 heteroatoms. The van der Waals surface area contributed by atoms with Gasteiger partial charge in [0.25, 0.3) is 5.91 Å². The molecule has 0 spiro atoms. The van der Waals surface area contributed by atoms with Crippen molar-refractivity contribution in [2.75, 3.05) is 5.32 Å². The Balaban J connectivity index is 1.94. The van der Waals surface area contributed by atoms with Crippen molar-refractivity contribution in [1.82, 2.24) is 0 Å². The summed E-state index contributed by atoms with van der Waals surface area (Å²) < 4.78 is 0.663. The normalized spacial score (nSPS) is 19.3. The van der Waals surface area contributed by atoms with E-state index in [-0.39, 0.29) is 5.91 Å². The second-order valence-electron chi connectivity index (χ2n) is 3.12. The summed E-state index contributed by atoms with van der Waals surface area (Å²) in [5.41, 5.74) is 0.758. The summed E-state index contributed by atoms with van der Waals surface area (Å²) in [6.07, 6.45) is -0.0434. The van der Waals surface area contributed by atoms with Crippen LogP contribution in [0.25, 0.3) is 0 Å². The fourth-order valence-electron chi connectivity index (χ4n) is 1.23. The molecule has 0 saturated heterocycles. The van der Waals surface area contributed by atoms with E-state index >= 15 is 0 Å². The van der Waals surface area contributed by atoms with Gasteiger partial charge in [-0.05, 0) is 28.1 Å². The molecule has 78 valence electrons. The highest BCUT2D eigenvalue weighted by molar-refractivity contribution is 9.18. The van der Waals surface area contributed by atoms with Crippen LogP contribution in [-0.4, -0.2) is 16.6 Å². The molecule has 1 aliphatic heterocycles. The molecule has 0 radical (unpaired) electrons. The van der Waals surface area contributed by atoms with E-state index in [9.17, 15) is 4.79 Å². The highest BCUT2D eigenvalue weighted by Crippen LogP contribution is 2.16. The maximum atomic E-state index is 11.6. The van der Waals surface area contributed by atoms with Crippen molar-refractivity contribution in [2.24, 2.45) is 5.16 Å². The average molecular weight is 269 g/mol. The molecular weight excluding hydrogens is 260 g/mol. The summed E-state index contributed by atoms with van der Waals surface area (Å²) in [6, 6.07) is 9.25. The highest BCUT2D eigenvalue weighted by Gasteiger charge is 2.26. The Bertz CT molecular complexity index is 392. The van der Waals surface area contributed by atoms with Gasteiger partial charge in [-0.15, -0.1) is 0 Å². The molecule has 15 heavy (non-hydrogen) atoms. The number of para-hydroxylation sites is 1. The predicted molar refractivity (Wildman–Crippen MR) is 60.9 cm³/mol. The molecule has 0 bridgehead atoms. The van der Waals surface area contributed by atoms with Crippen LogP contribution >= 0.6 is 15.9 Å². The van der Waals surface area contributed by atoms with E-state index in [1.165, 1.54) is 0 Å². The van der Waals surface area contributed by atoms with Crippen molar-refractivity contribution in [3.05, 3.63) is 30.3 Å². The van der Waals surface area contributed by atoms with E-state index in [0.29, 0.717) is 11.0 Å². The second-order valence-corrected chi connectivity index (χ2v) is 4.04. The zero-order valence-electron chi connectivity index (χ0n) is 7.81. The van der Waals surface area contributed by atoms with E-state index in [1.54, 1.807) is 0 Å². The third-order valence-electron chi connectivity index (χ3n) is 1.97. The molecule has 1 amide bonds. The average Bonchev–Trinajstić information content (AvgIpc) is 2.66. The van der Waals surface area contributed by atoms with Crippen LogP contribution < -0.4 is 5.32 Å². The lowest BCUT2D eigenvalue weighted by Crippen LogP contribution is -2.27. The number of oxime groups is 1. The van der Waals surface area contributed by atoms with Crippen LogP contribution in [0.5, 0.6) is 0 Å². The van der Waals surface area contributed by atoms with Gasteiger partial charge in [0.1, 0.15) is 4.62 Å². The van der Waals surface area contributed by atoms with Gasteiger partial charge < -0.3 is 10.2 Å². The van der Waals surface area contributed by atoms with Crippen LogP contribution in [0.15, 0.2) is 35.5 Å². The predicted octanol–water partition coefficient (Wildman–Crippen LogP) is 2.12. The van der Waals surface area contributed by atoms with E-state index < -0.39 is 6.10 Å². The molecule has 0 aliphatic carbocycles. The van der Waals surface area contributed by atoms with Gasteiger partial charge in [0.05, 0.1) is 0 Å². The first-order valence-corrected chi connectivity index (χ1v) is 5.29. The van der Waals surface area contributed by atoms with Gasteiger partial charge in [-0.2, -0.15) is 0 Å². The number of anilines is 1. The van der Waals surface area contributed by atoms with Crippen molar-refractivity contribution in [2.45, 2.75) is 12.5 Å². The lowest BCUT2D eigenvalue weighted by Gasteiger charge is -2.08. The molecule has 0 saturated carbocycles. The molecule has 1 aliphatic rings. The summed E-state index contributed by atoms with van der Waals surface area (Å²) in [5.74, 6) is -0.181. The van der Waals surface area contributed by atoms with Crippen LogP contribution in [0.2, 0.25) is 0 Å². The first-order chi connectivity index (χ1) is 7.25. The van der Waals surface area contributed by atoms with Crippen LogP contribution in [0.3, 0.4) is 0 Å². The van der Waals surface area contributed by atoms with Crippen molar-refractivity contribution in [1.29, 1.82) is 0 Å². The molecule has 1 heterocycles. The number of rotatable bonds is 2. The number of benzene rings is 1. The minimum absolute atomic E-state index is 0.181. The van der Waals surface area contributed by atoms with Crippen molar-refractivity contribution in [3.63, 3.8) is 0 Å². The maximum absolute atomic E-state index is 11.6. The van der Waals surface area contributed by atoms with Gasteiger partial charge in [-0.1, -0.05) is 23.4 Å². The lowest BCUT2D eigenvalue weighted by atomic mass is 10.2. The Labute approximate surface area is 95.4 Å². The number of hydrogen-bond donors (Lipinski definition) is 1. The second kappa shape index (κ2) is 4.44. The maximum Gasteiger partial charge on any atom is 0.268 e. The zero-order chi connectivity index (χ0) is 10.7. The number of halogens is 1. The molecule has 1 N–H and O–H groups in total. The number of amides is 1. The number of nitrogens with zero attached hydrogens (tertiary/aromatic N) is 1. The smallest absolute Gasteiger partial charge is 0.268 e. The van der Waals surface area contributed by atoms with Crippen molar-refractivity contribution in [3.8, 4) is 0 Å². The standard InChI is InChI=1S/C10H9BrN2O2/c11-9-6-8(15-13-9)10(14)12-7-4-2-1-3-5-7/h1-5,8H,6H2,(H,12,14). The van der Waals surface area contributed by atoms with Crippen LogP contribution in [0.1, 0.15) is 6.42 Å². The molecule has 2 rings (SSSR count). The number of carbonyl (C=O) groups is 1. The Morgan fingerprint density at radius 2 is 2.20 bits per heavy atom. The van der Waals surface area contributed by atoms with Crippen molar-refractivity contribution < 1.29 is 9.63 Å². The summed E-state index contributed by atoms with van der Waals surface area (Å²) in [4.78, 5) is 16.6. The Morgan fingerprint density at radius 1 is 1.47 bits per heavy atom. The monoisotopic (exact) mass is 268 g/mol. The third kappa shape index (κ3) is 2.56. The molecular formula is C10H9BrN2O2. The third-order valence-corrected chi connectivity index (χ3v) is 2.44. The summed E-state index contributed by atoms with van der Waals surface area (Å²) in [5, 5.41) is 6.40. The van der Waals surface area contributed by atoms with E-state index in [1.807, 2.05) is 30.3 Å². The van der Waals surface area contributed by atoms with Gasteiger partial charge in [0.2, 0.25) is 6.10 Å². The Hall–Kier alpha value is -1.36. The highest BCUT2D eigenvalue weighted by atomic mass is 79.9. The van der Waals surface area contributed by atoms with E-state index in [2.05, 4.69) is 26.4 Å². The molecule has 1 aromatic rings. The van der Waals surface area contributed by atoms with Gasteiger partial charge >= 0.3 is 0 Å². The molecule has 4 nitrogen and oxygen atoms in total. The molecule has 0 aromatic heterocycles. The zero-order valence-corrected chi connectivity index (χ0v) is 9.40. The number of nitrogens with one attached hydrogen (secondary N) is 1. The van der Waals surface area contributed by atoms with Gasteiger partial charge in [-0.3, -0.25) is 4.79 Å². The minimum atomic E-state index is -0.528. The first kappa shape index (κ1) is 10.2. The fraction of sp³-hybridized carbons (Fsp3) is 0.200. The SMILES string of the molecule is O=C(Nc1ccccc1)C1CC(Br)=NO1. The lowest BCUT2D eigenvalue weighted by molar-refractivity contribution is -0.125. The minimum Gasteiger partial charge on any atom is -0.381 e. The van der Waals surface area contributed by atoms with Crippen molar-refractivity contribution >= 4 is 32.1 Å². The largest absolute Gasteiger partial charge is 0.381 e. The van der Waals surface area contributed by atoms with Gasteiger partial charge in [0.15, 0.2) is 0 Å². The van der Waals surface area contributed by atoms with E-state index in [4.69, 9.17) is 4.84 Å². The summed E-state index contributed by atoms with van der Waals surface area (Å²) in [6.45, 7) is 0. The van der Waals surface area contributed by atoms with Gasteiger partial charge in [0, 0.05) is 12.1 Å². The molecule has 1 atom stereocenters. The van der Waals surface area contributed by atoms with Crippen LogP contribution in [0.4, 0.5) is 5.69 Å². The molecule has 1 unspecified atom stereocenters. The summed E-state index contributed by atoms with van der Waals surface area (Å²) in [7, 11) is 0. The fourth-order valence-corrected chi connectivity index (χ4v) is 1.61. The quantitative estimate of drug-likeness (QED) is 0.894. The van der Waals surface area contributed by atoms with E-state index in [0.717, 1.165) is 5.69 Å². The summed E-state index contributed by atoms with van der Waals surface area (Å²) >= 11 is 3.18. The molecule has 0 fully saturated rings. The topological polar surface area (TPSA) is 50.7 Å². The van der Waals surface area contributed by atoms with Gasteiger partial charge in [-0.25, -0.2) is 0 Å². The Kier molecular flexibility index (Phi) is 3.01.